The number of anilines is 1. The highest BCUT2D eigenvalue weighted by atomic mass is 32.1. The summed E-state index contributed by atoms with van der Waals surface area (Å²) in [5.74, 6) is -1.59. The number of ketones is 1. The molecule has 4 aromatic rings. The summed E-state index contributed by atoms with van der Waals surface area (Å²) in [7, 11) is 0. The molecule has 0 spiro atoms. The Morgan fingerprint density at radius 1 is 0.906 bits per heavy atom. The molecule has 5 rings (SSSR count). The monoisotopic (exact) mass is 440 g/mol. The molecule has 0 unspecified atom stereocenters. The molecule has 6 heteroatoms. The van der Waals surface area contributed by atoms with Crippen molar-refractivity contribution in [1.29, 1.82) is 0 Å². The van der Waals surface area contributed by atoms with Gasteiger partial charge in [-0.15, -0.1) is 0 Å². The van der Waals surface area contributed by atoms with Crippen LogP contribution in [-0.2, 0) is 9.59 Å². The number of carbonyl (C=O) groups is 2. The standard InChI is InChI=1S/C26H20N2O3S/c1-15-7-11-17(12-8-15)22-21(23(29)18-13-9-16(2)10-14-18)24(30)25(31)28(22)26-27-19-5-3-4-6-20(19)32-26/h3-14,22,29H,1-2H3/t22-/m0/s1. The summed E-state index contributed by atoms with van der Waals surface area (Å²) in [6, 6.07) is 21.7. The molecule has 1 aliphatic rings. The van der Waals surface area contributed by atoms with E-state index < -0.39 is 17.7 Å². The third kappa shape index (κ3) is 3.29. The van der Waals surface area contributed by atoms with Crippen LogP contribution in [0, 0.1) is 13.8 Å². The van der Waals surface area contributed by atoms with E-state index in [1.165, 1.54) is 16.2 Å². The van der Waals surface area contributed by atoms with Crippen molar-refractivity contribution in [3.05, 3.63) is 101 Å². The highest BCUT2D eigenvalue weighted by molar-refractivity contribution is 7.22. The molecule has 158 valence electrons. The van der Waals surface area contributed by atoms with Gasteiger partial charge in [0.15, 0.2) is 5.13 Å². The number of para-hydroxylation sites is 1. The third-order valence-corrected chi connectivity index (χ3v) is 6.69. The van der Waals surface area contributed by atoms with Crippen molar-refractivity contribution in [2.45, 2.75) is 19.9 Å². The maximum absolute atomic E-state index is 13.2. The van der Waals surface area contributed by atoms with Crippen LogP contribution in [-0.4, -0.2) is 21.8 Å². The Bertz CT molecular complexity index is 1350. The van der Waals surface area contributed by atoms with E-state index in [1.54, 1.807) is 12.1 Å². The number of benzene rings is 3. The summed E-state index contributed by atoms with van der Waals surface area (Å²) in [5, 5.41) is 11.6. The van der Waals surface area contributed by atoms with Crippen molar-refractivity contribution in [1.82, 2.24) is 4.98 Å². The zero-order chi connectivity index (χ0) is 22.4. The van der Waals surface area contributed by atoms with Gasteiger partial charge in [0.2, 0.25) is 0 Å². The minimum absolute atomic E-state index is 0.0713. The number of aliphatic hydroxyl groups is 1. The number of aromatic nitrogens is 1. The van der Waals surface area contributed by atoms with Crippen LogP contribution in [0.2, 0.25) is 0 Å². The molecule has 0 aliphatic carbocycles. The van der Waals surface area contributed by atoms with Crippen LogP contribution in [0.1, 0.15) is 28.3 Å². The minimum atomic E-state index is -0.766. The number of amides is 1. The molecule has 1 aromatic heterocycles. The number of fused-ring (bicyclic) bond motifs is 1. The topological polar surface area (TPSA) is 70.5 Å². The predicted molar refractivity (Wildman–Crippen MR) is 127 cm³/mol. The average molecular weight is 441 g/mol. The van der Waals surface area contributed by atoms with Crippen LogP contribution < -0.4 is 4.90 Å². The number of thiazole rings is 1. The molecule has 0 radical (unpaired) electrons. The van der Waals surface area contributed by atoms with Crippen LogP contribution >= 0.6 is 11.3 Å². The number of aryl methyl sites for hydroxylation is 2. The van der Waals surface area contributed by atoms with Gasteiger partial charge in [0.05, 0.1) is 21.8 Å². The molecular weight excluding hydrogens is 420 g/mol. The molecular formula is C26H20N2O3S. The second kappa shape index (κ2) is 7.73. The summed E-state index contributed by atoms with van der Waals surface area (Å²) in [6.45, 7) is 3.92. The van der Waals surface area contributed by atoms with Crippen LogP contribution in [0.3, 0.4) is 0 Å². The van der Waals surface area contributed by atoms with Gasteiger partial charge in [-0.05, 0) is 31.5 Å². The van der Waals surface area contributed by atoms with Crippen molar-refractivity contribution in [3.8, 4) is 0 Å². The summed E-state index contributed by atoms with van der Waals surface area (Å²) in [4.78, 5) is 32.5. The highest BCUT2D eigenvalue weighted by Gasteiger charge is 2.48. The maximum atomic E-state index is 13.2. The molecule has 2 heterocycles. The predicted octanol–water partition coefficient (Wildman–Crippen LogP) is 5.54. The molecule has 1 atom stereocenters. The lowest BCUT2D eigenvalue weighted by molar-refractivity contribution is -0.132. The van der Waals surface area contributed by atoms with Crippen molar-refractivity contribution < 1.29 is 14.7 Å². The summed E-state index contributed by atoms with van der Waals surface area (Å²) >= 11 is 1.35. The van der Waals surface area contributed by atoms with Gasteiger partial charge in [-0.2, -0.15) is 0 Å². The normalized spacial score (nSPS) is 17.9. The van der Waals surface area contributed by atoms with E-state index in [9.17, 15) is 14.7 Å². The van der Waals surface area contributed by atoms with E-state index in [4.69, 9.17) is 0 Å². The fourth-order valence-electron chi connectivity index (χ4n) is 3.92. The molecule has 0 saturated carbocycles. The molecule has 1 aliphatic heterocycles. The van der Waals surface area contributed by atoms with Crippen molar-refractivity contribution >= 4 is 44.1 Å². The number of rotatable bonds is 3. The lowest BCUT2D eigenvalue weighted by Crippen LogP contribution is -2.29. The molecule has 1 amide bonds. The van der Waals surface area contributed by atoms with Crippen LogP contribution in [0.5, 0.6) is 0 Å². The fourth-order valence-corrected chi connectivity index (χ4v) is 4.92. The first-order valence-electron chi connectivity index (χ1n) is 10.2. The van der Waals surface area contributed by atoms with Gasteiger partial charge >= 0.3 is 5.91 Å². The number of carbonyl (C=O) groups excluding carboxylic acids is 2. The van der Waals surface area contributed by atoms with Crippen molar-refractivity contribution in [2.75, 3.05) is 4.90 Å². The molecule has 1 saturated heterocycles. The summed E-state index contributed by atoms with van der Waals surface area (Å²) < 4.78 is 0.922. The largest absolute Gasteiger partial charge is 0.507 e. The van der Waals surface area contributed by atoms with Crippen LogP contribution in [0.25, 0.3) is 16.0 Å². The second-order valence-corrected chi connectivity index (χ2v) is 8.92. The third-order valence-electron chi connectivity index (χ3n) is 5.65. The lowest BCUT2D eigenvalue weighted by Gasteiger charge is -2.23. The van der Waals surface area contributed by atoms with Crippen molar-refractivity contribution in [3.63, 3.8) is 0 Å². The fraction of sp³-hybridized carbons (Fsp3) is 0.115. The number of aliphatic hydroxyl groups excluding tert-OH is 1. The Kier molecular flexibility index (Phi) is 4.87. The maximum Gasteiger partial charge on any atom is 0.301 e. The lowest BCUT2D eigenvalue weighted by atomic mass is 9.94. The van der Waals surface area contributed by atoms with Gasteiger partial charge in [0.25, 0.3) is 5.78 Å². The minimum Gasteiger partial charge on any atom is -0.507 e. The Balaban J connectivity index is 1.73. The van der Waals surface area contributed by atoms with E-state index in [0.29, 0.717) is 10.7 Å². The number of hydrogen-bond donors (Lipinski definition) is 1. The Labute approximate surface area is 189 Å². The molecule has 1 N–H and O–H groups in total. The van der Waals surface area contributed by atoms with E-state index in [-0.39, 0.29) is 11.3 Å². The average Bonchev–Trinajstić information content (AvgIpc) is 3.33. The van der Waals surface area contributed by atoms with Gasteiger partial charge in [-0.25, -0.2) is 4.98 Å². The SMILES string of the molecule is Cc1ccc(C(O)=C2C(=O)C(=O)N(c3nc4ccccc4s3)[C@H]2c2ccc(C)cc2)cc1. The first kappa shape index (κ1) is 20.2. The second-order valence-electron chi connectivity index (χ2n) is 7.91. The first-order valence-corrected chi connectivity index (χ1v) is 11.1. The quantitative estimate of drug-likeness (QED) is 0.258. The number of Topliss-reactive ketones (excluding diaryl/α,β-unsaturated/α-hetero) is 1. The Hall–Kier alpha value is -3.77. The van der Waals surface area contributed by atoms with Gasteiger partial charge in [0.1, 0.15) is 5.76 Å². The Morgan fingerprint density at radius 2 is 1.53 bits per heavy atom. The van der Waals surface area contributed by atoms with Crippen LogP contribution in [0.4, 0.5) is 5.13 Å². The smallest absolute Gasteiger partial charge is 0.301 e. The summed E-state index contributed by atoms with van der Waals surface area (Å²) in [6.07, 6.45) is 0. The van der Waals surface area contributed by atoms with Gasteiger partial charge in [0, 0.05) is 5.56 Å². The molecule has 0 bridgehead atoms. The summed E-state index contributed by atoms with van der Waals surface area (Å²) in [5.41, 5.74) is 4.16. The molecule has 3 aromatic carbocycles. The van der Waals surface area contributed by atoms with Gasteiger partial charge < -0.3 is 5.11 Å². The molecule has 32 heavy (non-hydrogen) atoms. The van der Waals surface area contributed by atoms with E-state index in [0.717, 1.165) is 26.9 Å². The Morgan fingerprint density at radius 3 is 2.19 bits per heavy atom. The van der Waals surface area contributed by atoms with Crippen molar-refractivity contribution in [2.24, 2.45) is 0 Å². The van der Waals surface area contributed by atoms with Crippen LogP contribution in [0.15, 0.2) is 78.4 Å². The molecule has 5 nitrogen and oxygen atoms in total. The van der Waals surface area contributed by atoms with E-state index in [2.05, 4.69) is 4.98 Å². The zero-order valence-corrected chi connectivity index (χ0v) is 18.4. The van der Waals surface area contributed by atoms with Gasteiger partial charge in [-0.3, -0.25) is 14.5 Å². The zero-order valence-electron chi connectivity index (χ0n) is 17.6. The number of hydrogen-bond acceptors (Lipinski definition) is 5. The highest BCUT2D eigenvalue weighted by Crippen LogP contribution is 2.44. The first-order chi connectivity index (χ1) is 15.4. The molecule has 1 fully saturated rings. The van der Waals surface area contributed by atoms with E-state index in [1.807, 2.05) is 74.5 Å². The van der Waals surface area contributed by atoms with E-state index >= 15 is 0 Å². The van der Waals surface area contributed by atoms with Gasteiger partial charge in [-0.1, -0.05) is 83.1 Å². The number of nitrogens with zero attached hydrogens (tertiary/aromatic N) is 2.